The number of piperazine rings is 1. The summed E-state index contributed by atoms with van der Waals surface area (Å²) in [6, 6.07) is 11.5. The lowest BCUT2D eigenvalue weighted by molar-refractivity contribution is -0.384. The van der Waals surface area contributed by atoms with Gasteiger partial charge in [-0.2, -0.15) is 0 Å². The van der Waals surface area contributed by atoms with E-state index in [0.29, 0.717) is 26.2 Å². The zero-order chi connectivity index (χ0) is 20.4. The Hall–Kier alpha value is -3.46. The fraction of sp³-hybridized carbons (Fsp3) is 0.211. The van der Waals surface area contributed by atoms with Crippen molar-refractivity contribution in [2.24, 2.45) is 0 Å². The quantitative estimate of drug-likeness (QED) is 0.482. The molecule has 3 aromatic rings. The Balaban J connectivity index is 1.40. The fourth-order valence-electron chi connectivity index (χ4n) is 3.21. The van der Waals surface area contributed by atoms with Gasteiger partial charge in [0.25, 0.3) is 11.6 Å². The number of halogens is 1. The summed E-state index contributed by atoms with van der Waals surface area (Å²) >= 11 is 6.09. The molecule has 0 saturated carbocycles. The number of rotatable bonds is 4. The minimum Gasteiger partial charge on any atom is -0.352 e. The number of carbonyl (C=O) groups is 1. The first kappa shape index (κ1) is 18.9. The van der Waals surface area contributed by atoms with Gasteiger partial charge in [-0.05, 0) is 30.3 Å². The summed E-state index contributed by atoms with van der Waals surface area (Å²) in [6.07, 6.45) is 3.80. The van der Waals surface area contributed by atoms with Crippen molar-refractivity contribution in [1.29, 1.82) is 0 Å². The van der Waals surface area contributed by atoms with Crippen molar-refractivity contribution in [2.45, 2.75) is 0 Å². The second-order valence-electron chi connectivity index (χ2n) is 6.54. The maximum absolute atomic E-state index is 12.7. The number of amides is 1. The van der Waals surface area contributed by atoms with Gasteiger partial charge in [0.2, 0.25) is 0 Å². The third-order valence-electron chi connectivity index (χ3n) is 4.79. The molecule has 9 nitrogen and oxygen atoms in total. The summed E-state index contributed by atoms with van der Waals surface area (Å²) in [4.78, 5) is 26.8. The zero-order valence-electron chi connectivity index (χ0n) is 15.3. The normalized spacial score (nSPS) is 14.1. The Bertz CT molecular complexity index is 1030. The summed E-state index contributed by atoms with van der Waals surface area (Å²) in [5.74, 6) is 1.25. The van der Waals surface area contributed by atoms with Crippen molar-refractivity contribution in [2.75, 3.05) is 31.1 Å². The summed E-state index contributed by atoms with van der Waals surface area (Å²) in [5.41, 5.74) is 0.125. The molecule has 2 aromatic heterocycles. The van der Waals surface area contributed by atoms with E-state index in [9.17, 15) is 14.9 Å². The van der Waals surface area contributed by atoms with Gasteiger partial charge in [-0.3, -0.25) is 14.9 Å². The summed E-state index contributed by atoms with van der Waals surface area (Å²) in [6.45, 7) is 2.20. The number of nitrogens with zero attached hydrogens (tertiary/aromatic N) is 6. The monoisotopic (exact) mass is 412 g/mol. The number of carbonyl (C=O) groups excluding carboxylic acids is 1. The average Bonchev–Trinajstić information content (AvgIpc) is 3.28. The van der Waals surface area contributed by atoms with Gasteiger partial charge in [0, 0.05) is 50.7 Å². The van der Waals surface area contributed by atoms with Crippen LogP contribution in [0.15, 0.2) is 54.9 Å². The molecule has 3 heterocycles. The highest BCUT2D eigenvalue weighted by Gasteiger charge is 2.25. The van der Waals surface area contributed by atoms with Gasteiger partial charge < -0.3 is 14.4 Å². The first-order valence-corrected chi connectivity index (χ1v) is 9.36. The van der Waals surface area contributed by atoms with Crippen LogP contribution < -0.4 is 4.90 Å². The van der Waals surface area contributed by atoms with Crippen LogP contribution >= 0.6 is 11.6 Å². The highest BCUT2D eigenvalue weighted by atomic mass is 35.5. The maximum Gasteiger partial charge on any atom is 0.270 e. The van der Waals surface area contributed by atoms with Crippen LogP contribution in [0.25, 0.3) is 5.82 Å². The smallest absolute Gasteiger partial charge is 0.270 e. The number of hydrogen-bond acceptors (Lipinski definition) is 6. The van der Waals surface area contributed by atoms with Crippen molar-refractivity contribution in [3.63, 3.8) is 0 Å². The fourth-order valence-corrected chi connectivity index (χ4v) is 3.47. The molecule has 1 saturated heterocycles. The lowest BCUT2D eigenvalue weighted by atomic mass is 10.1. The van der Waals surface area contributed by atoms with E-state index >= 15 is 0 Å². The Kier molecular flexibility index (Phi) is 5.13. The van der Waals surface area contributed by atoms with Crippen molar-refractivity contribution in [3.8, 4) is 5.82 Å². The van der Waals surface area contributed by atoms with Crippen LogP contribution in [0, 0.1) is 10.1 Å². The molecule has 4 rings (SSSR count). The predicted molar refractivity (Wildman–Crippen MR) is 108 cm³/mol. The van der Waals surface area contributed by atoms with Crippen LogP contribution in [0.5, 0.6) is 0 Å². The molecule has 0 spiro atoms. The van der Waals surface area contributed by atoms with E-state index in [1.54, 1.807) is 4.90 Å². The minimum absolute atomic E-state index is 0.0816. The Morgan fingerprint density at radius 3 is 2.24 bits per heavy atom. The molecular weight excluding hydrogens is 396 g/mol. The molecule has 10 heteroatoms. The van der Waals surface area contributed by atoms with E-state index < -0.39 is 4.92 Å². The minimum atomic E-state index is -0.540. The van der Waals surface area contributed by atoms with Gasteiger partial charge in [-0.15, -0.1) is 10.2 Å². The van der Waals surface area contributed by atoms with Gasteiger partial charge in [0.05, 0.1) is 15.5 Å². The maximum atomic E-state index is 12.7. The van der Waals surface area contributed by atoms with E-state index in [4.69, 9.17) is 11.6 Å². The van der Waals surface area contributed by atoms with Gasteiger partial charge in [0.1, 0.15) is 0 Å². The summed E-state index contributed by atoms with van der Waals surface area (Å²) < 4.78 is 1.88. The number of aromatic nitrogens is 3. The van der Waals surface area contributed by atoms with E-state index in [0.717, 1.165) is 11.6 Å². The molecule has 1 aliphatic rings. The van der Waals surface area contributed by atoms with Crippen LogP contribution in [0.2, 0.25) is 5.02 Å². The first-order valence-electron chi connectivity index (χ1n) is 8.98. The Morgan fingerprint density at radius 2 is 1.66 bits per heavy atom. The van der Waals surface area contributed by atoms with Crippen molar-refractivity contribution in [1.82, 2.24) is 19.7 Å². The molecule has 0 N–H and O–H groups in total. The van der Waals surface area contributed by atoms with Crippen LogP contribution in [0.4, 0.5) is 11.5 Å². The van der Waals surface area contributed by atoms with Crippen molar-refractivity contribution in [3.05, 3.63) is 75.6 Å². The summed E-state index contributed by atoms with van der Waals surface area (Å²) in [5, 5.41) is 19.5. The number of non-ortho nitro benzene ring substituents is 1. The predicted octanol–water partition coefficient (Wildman–Crippen LogP) is 2.79. The molecule has 1 aliphatic heterocycles. The second-order valence-corrected chi connectivity index (χ2v) is 6.95. The largest absolute Gasteiger partial charge is 0.352 e. The number of hydrogen-bond donors (Lipinski definition) is 0. The summed E-state index contributed by atoms with van der Waals surface area (Å²) in [7, 11) is 0. The number of nitro groups is 1. The van der Waals surface area contributed by atoms with E-state index in [1.807, 2.05) is 41.2 Å². The van der Waals surface area contributed by atoms with Crippen LogP contribution in [0.3, 0.4) is 0 Å². The molecule has 0 radical (unpaired) electrons. The SMILES string of the molecule is O=C(c1ccc([N+](=O)[O-])cc1Cl)N1CCN(c2ccc(-n3cccc3)nn2)CC1. The third kappa shape index (κ3) is 3.90. The van der Waals surface area contributed by atoms with Crippen molar-refractivity contribution < 1.29 is 9.72 Å². The molecule has 29 heavy (non-hydrogen) atoms. The first-order chi connectivity index (χ1) is 14.0. The topological polar surface area (TPSA) is 97.4 Å². The molecule has 1 aromatic carbocycles. The van der Waals surface area contributed by atoms with E-state index in [1.165, 1.54) is 18.2 Å². The van der Waals surface area contributed by atoms with Crippen LogP contribution in [0.1, 0.15) is 10.4 Å². The lowest BCUT2D eigenvalue weighted by Crippen LogP contribution is -2.49. The van der Waals surface area contributed by atoms with Crippen LogP contribution in [-0.4, -0.2) is 56.7 Å². The number of nitro benzene ring substituents is 1. The van der Waals surface area contributed by atoms with Gasteiger partial charge in [-0.25, -0.2) is 0 Å². The van der Waals surface area contributed by atoms with E-state index in [2.05, 4.69) is 15.1 Å². The average molecular weight is 413 g/mol. The van der Waals surface area contributed by atoms with Crippen molar-refractivity contribution >= 4 is 29.0 Å². The van der Waals surface area contributed by atoms with Gasteiger partial charge in [-0.1, -0.05) is 11.6 Å². The Morgan fingerprint density at radius 1 is 1.00 bits per heavy atom. The number of anilines is 1. The van der Waals surface area contributed by atoms with Crippen LogP contribution in [-0.2, 0) is 0 Å². The Labute approximate surface area is 171 Å². The third-order valence-corrected chi connectivity index (χ3v) is 5.10. The standard InChI is InChI=1S/C19H17ClN6O3/c20-16-13-14(26(28)29)3-4-15(16)19(27)25-11-9-24(10-12-25)18-6-5-17(21-22-18)23-7-1-2-8-23/h1-8,13H,9-12H2. The van der Waals surface area contributed by atoms with E-state index in [-0.39, 0.29) is 22.2 Å². The molecule has 1 amide bonds. The highest BCUT2D eigenvalue weighted by Crippen LogP contribution is 2.24. The molecule has 0 aliphatic carbocycles. The number of benzene rings is 1. The molecule has 148 valence electrons. The highest BCUT2D eigenvalue weighted by molar-refractivity contribution is 6.34. The lowest BCUT2D eigenvalue weighted by Gasteiger charge is -2.35. The zero-order valence-corrected chi connectivity index (χ0v) is 16.1. The molecule has 1 fully saturated rings. The molecule has 0 bridgehead atoms. The molecule has 0 atom stereocenters. The van der Waals surface area contributed by atoms with Gasteiger partial charge >= 0.3 is 0 Å². The molecule has 0 unspecified atom stereocenters. The second kappa shape index (κ2) is 7.88. The van der Waals surface area contributed by atoms with Gasteiger partial charge in [0.15, 0.2) is 11.6 Å². The molecular formula is C19H17ClN6O3.